The van der Waals surface area contributed by atoms with Crippen LogP contribution < -0.4 is 5.32 Å². The molecule has 1 rings (SSSR count). The van der Waals surface area contributed by atoms with Gasteiger partial charge in [-0.15, -0.1) is 0 Å². The SMILES string of the molecule is CC(CNC(=O)C(C)c1ccccc1F)C(=O)O. The number of carboxylic acids is 1. The molecule has 0 saturated carbocycles. The summed E-state index contributed by atoms with van der Waals surface area (Å²) in [6.45, 7) is 3.11. The number of aliphatic carboxylic acids is 1. The van der Waals surface area contributed by atoms with Gasteiger partial charge in [0.05, 0.1) is 11.8 Å². The van der Waals surface area contributed by atoms with E-state index in [2.05, 4.69) is 5.32 Å². The van der Waals surface area contributed by atoms with E-state index in [1.54, 1.807) is 25.1 Å². The quantitative estimate of drug-likeness (QED) is 0.840. The third-order valence-electron chi connectivity index (χ3n) is 2.77. The summed E-state index contributed by atoms with van der Waals surface area (Å²) < 4.78 is 13.5. The maximum absolute atomic E-state index is 13.5. The zero-order chi connectivity index (χ0) is 13.7. The molecule has 98 valence electrons. The molecule has 2 atom stereocenters. The Morgan fingerprint density at radius 3 is 2.50 bits per heavy atom. The second kappa shape index (κ2) is 6.14. The molecule has 0 heterocycles. The number of carboxylic acid groups (broad SMARTS) is 1. The number of halogens is 1. The molecule has 2 unspecified atom stereocenters. The lowest BCUT2D eigenvalue weighted by Crippen LogP contribution is -2.34. The summed E-state index contributed by atoms with van der Waals surface area (Å²) >= 11 is 0. The Balaban J connectivity index is 2.63. The van der Waals surface area contributed by atoms with Gasteiger partial charge in [-0.3, -0.25) is 9.59 Å². The van der Waals surface area contributed by atoms with E-state index in [4.69, 9.17) is 5.11 Å². The lowest BCUT2D eigenvalue weighted by atomic mass is 9.99. The Kier molecular flexibility index (Phi) is 4.83. The van der Waals surface area contributed by atoms with Crippen LogP contribution in [0.25, 0.3) is 0 Å². The highest BCUT2D eigenvalue weighted by Gasteiger charge is 2.19. The number of rotatable bonds is 5. The molecule has 1 aromatic rings. The van der Waals surface area contributed by atoms with Crippen LogP contribution in [0.3, 0.4) is 0 Å². The number of amides is 1. The minimum Gasteiger partial charge on any atom is -0.481 e. The zero-order valence-electron chi connectivity index (χ0n) is 10.3. The normalized spacial score (nSPS) is 13.7. The van der Waals surface area contributed by atoms with Gasteiger partial charge in [-0.25, -0.2) is 4.39 Å². The second-order valence-corrected chi connectivity index (χ2v) is 4.23. The van der Waals surface area contributed by atoms with Crippen molar-refractivity contribution in [2.75, 3.05) is 6.54 Å². The number of hydrogen-bond acceptors (Lipinski definition) is 2. The number of carbonyl (C=O) groups excluding carboxylic acids is 1. The number of nitrogens with one attached hydrogen (secondary N) is 1. The number of hydrogen-bond donors (Lipinski definition) is 2. The van der Waals surface area contributed by atoms with Gasteiger partial charge < -0.3 is 10.4 Å². The average Bonchev–Trinajstić information content (AvgIpc) is 2.35. The summed E-state index contributed by atoms with van der Waals surface area (Å²) in [6.07, 6.45) is 0. The molecule has 4 nitrogen and oxygen atoms in total. The van der Waals surface area contributed by atoms with Crippen molar-refractivity contribution in [2.24, 2.45) is 5.92 Å². The van der Waals surface area contributed by atoms with Gasteiger partial charge in [-0.1, -0.05) is 25.1 Å². The molecule has 0 bridgehead atoms. The van der Waals surface area contributed by atoms with Crippen LogP contribution in [-0.4, -0.2) is 23.5 Å². The maximum Gasteiger partial charge on any atom is 0.308 e. The summed E-state index contributed by atoms with van der Waals surface area (Å²) in [6, 6.07) is 6.04. The third kappa shape index (κ3) is 3.55. The van der Waals surface area contributed by atoms with Crippen LogP contribution in [0.2, 0.25) is 0 Å². The highest BCUT2D eigenvalue weighted by atomic mass is 19.1. The van der Waals surface area contributed by atoms with Crippen molar-refractivity contribution in [3.63, 3.8) is 0 Å². The van der Waals surface area contributed by atoms with Gasteiger partial charge in [-0.05, 0) is 18.6 Å². The monoisotopic (exact) mass is 253 g/mol. The Morgan fingerprint density at radius 1 is 1.33 bits per heavy atom. The van der Waals surface area contributed by atoms with E-state index in [0.717, 1.165) is 0 Å². The molecular formula is C13H16FNO3. The van der Waals surface area contributed by atoms with Gasteiger partial charge in [0.15, 0.2) is 0 Å². The molecule has 0 fully saturated rings. The molecule has 1 amide bonds. The number of carbonyl (C=O) groups is 2. The Bertz CT molecular complexity index is 448. The molecule has 0 aliphatic carbocycles. The van der Waals surface area contributed by atoms with Crippen LogP contribution in [-0.2, 0) is 9.59 Å². The predicted octanol–water partition coefficient (Wildman–Crippen LogP) is 1.77. The first kappa shape index (κ1) is 14.2. The van der Waals surface area contributed by atoms with E-state index in [1.165, 1.54) is 13.0 Å². The molecule has 0 aromatic heterocycles. The first-order chi connectivity index (χ1) is 8.43. The molecule has 0 radical (unpaired) electrons. The van der Waals surface area contributed by atoms with Gasteiger partial charge >= 0.3 is 5.97 Å². The van der Waals surface area contributed by atoms with Crippen molar-refractivity contribution >= 4 is 11.9 Å². The van der Waals surface area contributed by atoms with Gasteiger partial charge in [0, 0.05) is 6.54 Å². The van der Waals surface area contributed by atoms with Crippen LogP contribution in [0.5, 0.6) is 0 Å². The van der Waals surface area contributed by atoms with Crippen LogP contribution in [0.15, 0.2) is 24.3 Å². The number of benzene rings is 1. The Hall–Kier alpha value is -1.91. The summed E-state index contributed by atoms with van der Waals surface area (Å²) in [5.74, 6) is -3.11. The van der Waals surface area contributed by atoms with Crippen LogP contribution in [0, 0.1) is 11.7 Å². The average molecular weight is 253 g/mol. The van der Waals surface area contributed by atoms with Crippen molar-refractivity contribution in [1.82, 2.24) is 5.32 Å². The maximum atomic E-state index is 13.5. The van der Waals surface area contributed by atoms with Crippen molar-refractivity contribution in [3.8, 4) is 0 Å². The van der Waals surface area contributed by atoms with E-state index in [1.807, 2.05) is 0 Å². The standard InChI is InChI=1S/C13H16FNO3/c1-8(13(17)18)7-15-12(16)9(2)10-5-3-4-6-11(10)14/h3-6,8-9H,7H2,1-2H3,(H,15,16)(H,17,18). The van der Waals surface area contributed by atoms with Crippen molar-refractivity contribution < 1.29 is 19.1 Å². The van der Waals surface area contributed by atoms with Gasteiger partial charge in [0.1, 0.15) is 5.82 Å². The first-order valence-electron chi connectivity index (χ1n) is 5.68. The topological polar surface area (TPSA) is 66.4 Å². The van der Waals surface area contributed by atoms with Crippen LogP contribution >= 0.6 is 0 Å². The van der Waals surface area contributed by atoms with E-state index in [0.29, 0.717) is 5.56 Å². The Labute approximate surface area is 105 Å². The fraction of sp³-hybridized carbons (Fsp3) is 0.385. The summed E-state index contributed by atoms with van der Waals surface area (Å²) in [5.41, 5.74) is 0.304. The van der Waals surface area contributed by atoms with Crippen molar-refractivity contribution in [2.45, 2.75) is 19.8 Å². The fourth-order valence-corrected chi connectivity index (χ4v) is 1.46. The highest BCUT2D eigenvalue weighted by Crippen LogP contribution is 2.18. The second-order valence-electron chi connectivity index (χ2n) is 4.23. The lowest BCUT2D eigenvalue weighted by Gasteiger charge is -2.14. The summed E-state index contributed by atoms with van der Waals surface area (Å²) in [7, 11) is 0. The largest absolute Gasteiger partial charge is 0.481 e. The van der Waals surface area contributed by atoms with Crippen molar-refractivity contribution in [1.29, 1.82) is 0 Å². The Morgan fingerprint density at radius 2 is 1.94 bits per heavy atom. The molecule has 2 N–H and O–H groups in total. The van der Waals surface area contributed by atoms with Gasteiger partial charge in [0.2, 0.25) is 5.91 Å². The molecular weight excluding hydrogens is 237 g/mol. The summed E-state index contributed by atoms with van der Waals surface area (Å²) in [4.78, 5) is 22.3. The molecule has 0 aliphatic heterocycles. The molecule has 0 spiro atoms. The minimum atomic E-state index is -0.978. The molecule has 1 aromatic carbocycles. The van der Waals surface area contributed by atoms with Crippen LogP contribution in [0.1, 0.15) is 25.3 Å². The molecule has 18 heavy (non-hydrogen) atoms. The van der Waals surface area contributed by atoms with Crippen molar-refractivity contribution in [3.05, 3.63) is 35.6 Å². The smallest absolute Gasteiger partial charge is 0.308 e. The fourth-order valence-electron chi connectivity index (χ4n) is 1.46. The predicted molar refractivity (Wildman–Crippen MR) is 64.6 cm³/mol. The van der Waals surface area contributed by atoms with E-state index in [9.17, 15) is 14.0 Å². The van der Waals surface area contributed by atoms with E-state index < -0.39 is 23.6 Å². The summed E-state index contributed by atoms with van der Waals surface area (Å²) in [5, 5.41) is 11.2. The lowest BCUT2D eigenvalue weighted by molar-refractivity contribution is -0.141. The van der Waals surface area contributed by atoms with Crippen LogP contribution in [0.4, 0.5) is 4.39 Å². The van der Waals surface area contributed by atoms with Gasteiger partial charge in [-0.2, -0.15) is 0 Å². The molecule has 5 heteroatoms. The molecule has 0 aliphatic rings. The van der Waals surface area contributed by atoms with E-state index >= 15 is 0 Å². The molecule has 0 saturated heterocycles. The zero-order valence-corrected chi connectivity index (χ0v) is 10.3. The van der Waals surface area contributed by atoms with Gasteiger partial charge in [0.25, 0.3) is 0 Å². The third-order valence-corrected chi connectivity index (χ3v) is 2.77. The highest BCUT2D eigenvalue weighted by molar-refractivity contribution is 5.83. The van der Waals surface area contributed by atoms with E-state index in [-0.39, 0.29) is 12.5 Å². The minimum absolute atomic E-state index is 0.0347. The first-order valence-corrected chi connectivity index (χ1v) is 5.68.